The summed E-state index contributed by atoms with van der Waals surface area (Å²) >= 11 is 1.38. The molecule has 3 N–H and O–H groups in total. The van der Waals surface area contributed by atoms with E-state index in [9.17, 15) is 29.6 Å². The summed E-state index contributed by atoms with van der Waals surface area (Å²) in [6.45, 7) is 5.03. The standard InChI is InChI=1S/C33H33N3O8S/c1-4-43-32(39)26-20(3)34-29(28(33(40)44-5-2)27(26)22-14-11-15-23(18-22)36(41)42)30(45-19-21-12-7-6-8-13-21)35-25-17-10-9-16-24(25)31(37)38/h6-18,27,30,34-35H,4-5,19H2,1-3H3,(H,37,38). The molecule has 11 nitrogen and oxygen atoms in total. The average molecular weight is 632 g/mol. The van der Waals surface area contributed by atoms with Gasteiger partial charge in [-0.3, -0.25) is 10.1 Å². The third-order valence-corrected chi connectivity index (χ3v) is 8.15. The minimum Gasteiger partial charge on any atom is -0.478 e. The van der Waals surface area contributed by atoms with Gasteiger partial charge in [0, 0.05) is 29.3 Å². The van der Waals surface area contributed by atoms with Gasteiger partial charge in [0.1, 0.15) is 5.37 Å². The lowest BCUT2D eigenvalue weighted by molar-refractivity contribution is -0.384. The van der Waals surface area contributed by atoms with Crippen LogP contribution in [-0.2, 0) is 24.8 Å². The van der Waals surface area contributed by atoms with E-state index < -0.39 is 34.1 Å². The van der Waals surface area contributed by atoms with Gasteiger partial charge in [-0.1, -0.05) is 54.6 Å². The monoisotopic (exact) mass is 631 g/mol. The zero-order valence-electron chi connectivity index (χ0n) is 24.9. The van der Waals surface area contributed by atoms with Gasteiger partial charge in [0.25, 0.3) is 5.69 Å². The lowest BCUT2D eigenvalue weighted by atomic mass is 9.80. The summed E-state index contributed by atoms with van der Waals surface area (Å²) in [5.74, 6) is -3.22. The second-order valence-corrected chi connectivity index (χ2v) is 11.0. The number of hydrogen-bond donors (Lipinski definition) is 3. The van der Waals surface area contributed by atoms with Crippen LogP contribution in [0.3, 0.4) is 0 Å². The summed E-state index contributed by atoms with van der Waals surface area (Å²) in [6.07, 6.45) is 0. The van der Waals surface area contributed by atoms with Crippen molar-refractivity contribution in [1.82, 2.24) is 5.32 Å². The Balaban J connectivity index is 1.97. The SMILES string of the molecule is CCOC(=O)C1=C(C)NC(C(Nc2ccccc2C(=O)O)SCc2ccccc2)=C(C(=O)OCC)C1c1cccc([N+](=O)[O-])c1. The lowest BCUT2D eigenvalue weighted by Gasteiger charge is -2.35. The minimum absolute atomic E-state index is 0.0197. The van der Waals surface area contributed by atoms with Crippen LogP contribution < -0.4 is 10.6 Å². The number of nitrogens with one attached hydrogen (secondary N) is 2. The molecule has 234 valence electrons. The number of aromatic carboxylic acids is 1. The number of carboxylic acids is 1. The van der Waals surface area contributed by atoms with Gasteiger partial charge in [-0.2, -0.15) is 0 Å². The van der Waals surface area contributed by atoms with E-state index in [1.807, 2.05) is 30.3 Å². The molecule has 1 aliphatic heterocycles. The number of para-hydroxylation sites is 1. The summed E-state index contributed by atoms with van der Waals surface area (Å²) in [6, 6.07) is 21.7. The number of anilines is 1. The molecule has 0 saturated heterocycles. The molecule has 2 atom stereocenters. The summed E-state index contributed by atoms with van der Waals surface area (Å²) < 4.78 is 10.9. The van der Waals surface area contributed by atoms with E-state index in [1.54, 1.807) is 45.0 Å². The number of non-ortho nitro benzene ring substituents is 1. The van der Waals surface area contributed by atoms with E-state index in [-0.39, 0.29) is 35.6 Å². The van der Waals surface area contributed by atoms with Crippen molar-refractivity contribution >= 4 is 41.0 Å². The number of ether oxygens (including phenoxy) is 2. The van der Waals surface area contributed by atoms with Crippen molar-refractivity contribution in [1.29, 1.82) is 0 Å². The number of carbonyl (C=O) groups is 3. The molecule has 0 saturated carbocycles. The Morgan fingerprint density at radius 3 is 2.24 bits per heavy atom. The molecule has 45 heavy (non-hydrogen) atoms. The molecule has 0 aliphatic carbocycles. The van der Waals surface area contributed by atoms with Crippen LogP contribution in [0.25, 0.3) is 0 Å². The molecule has 0 spiro atoms. The van der Waals surface area contributed by atoms with E-state index in [0.29, 0.717) is 28.4 Å². The number of esters is 2. The van der Waals surface area contributed by atoms with Gasteiger partial charge < -0.3 is 25.2 Å². The van der Waals surface area contributed by atoms with Crippen LogP contribution in [0.4, 0.5) is 11.4 Å². The molecule has 1 aliphatic rings. The molecule has 0 fully saturated rings. The number of thioether (sulfide) groups is 1. The molecule has 1 heterocycles. The van der Waals surface area contributed by atoms with Gasteiger partial charge >= 0.3 is 17.9 Å². The van der Waals surface area contributed by atoms with E-state index >= 15 is 0 Å². The second kappa shape index (κ2) is 15.1. The molecule has 0 aromatic heterocycles. The highest BCUT2D eigenvalue weighted by atomic mass is 32.2. The Bertz CT molecular complexity index is 1650. The Labute approximate surface area is 264 Å². The van der Waals surface area contributed by atoms with E-state index in [4.69, 9.17) is 9.47 Å². The predicted molar refractivity (Wildman–Crippen MR) is 171 cm³/mol. The summed E-state index contributed by atoms with van der Waals surface area (Å²) in [7, 11) is 0. The number of dihydropyridines is 1. The maximum absolute atomic E-state index is 13.9. The Morgan fingerprint density at radius 2 is 1.60 bits per heavy atom. The Hall–Kier alpha value is -5.10. The topological polar surface area (TPSA) is 157 Å². The number of nitro benzene ring substituents is 1. The maximum atomic E-state index is 13.9. The van der Waals surface area contributed by atoms with Crippen molar-refractivity contribution in [3.05, 3.63) is 128 Å². The average Bonchev–Trinajstić information content (AvgIpc) is 3.03. The number of allylic oxidation sites excluding steroid dienone is 1. The van der Waals surface area contributed by atoms with Crippen LogP contribution in [-0.4, -0.2) is 46.5 Å². The van der Waals surface area contributed by atoms with Crippen LogP contribution in [0.5, 0.6) is 0 Å². The van der Waals surface area contributed by atoms with Gasteiger partial charge in [0.2, 0.25) is 0 Å². The van der Waals surface area contributed by atoms with Crippen molar-refractivity contribution in [3.8, 4) is 0 Å². The highest BCUT2D eigenvalue weighted by molar-refractivity contribution is 7.99. The van der Waals surface area contributed by atoms with Crippen molar-refractivity contribution in [2.45, 2.75) is 37.8 Å². The van der Waals surface area contributed by atoms with E-state index in [0.717, 1.165) is 5.56 Å². The smallest absolute Gasteiger partial charge is 0.337 e. The largest absolute Gasteiger partial charge is 0.478 e. The summed E-state index contributed by atoms with van der Waals surface area (Å²) in [5, 5.41) is 27.4. The highest BCUT2D eigenvalue weighted by Gasteiger charge is 2.41. The Morgan fingerprint density at radius 1 is 0.956 bits per heavy atom. The molecule has 12 heteroatoms. The first-order valence-electron chi connectivity index (χ1n) is 14.2. The summed E-state index contributed by atoms with van der Waals surface area (Å²) in [4.78, 5) is 50.6. The third-order valence-electron chi connectivity index (χ3n) is 6.96. The molecule has 0 bridgehead atoms. The molecular formula is C33H33N3O8S. The minimum atomic E-state index is -1.14. The molecule has 0 amide bonds. The van der Waals surface area contributed by atoms with Gasteiger partial charge in [-0.05, 0) is 44.0 Å². The molecule has 3 aromatic carbocycles. The maximum Gasteiger partial charge on any atom is 0.337 e. The first-order valence-corrected chi connectivity index (χ1v) is 15.3. The van der Waals surface area contributed by atoms with Gasteiger partial charge in [-0.25, -0.2) is 14.4 Å². The zero-order chi connectivity index (χ0) is 32.5. The van der Waals surface area contributed by atoms with Crippen LogP contribution in [0.15, 0.2) is 101 Å². The third kappa shape index (κ3) is 7.71. The van der Waals surface area contributed by atoms with Crippen LogP contribution in [0.1, 0.15) is 48.2 Å². The van der Waals surface area contributed by atoms with E-state index in [1.165, 1.54) is 36.0 Å². The Kier molecular flexibility index (Phi) is 11.0. The van der Waals surface area contributed by atoms with Crippen LogP contribution >= 0.6 is 11.8 Å². The quantitative estimate of drug-likeness (QED) is 0.0879. The number of nitro groups is 1. The van der Waals surface area contributed by atoms with Crippen LogP contribution in [0.2, 0.25) is 0 Å². The fourth-order valence-electron chi connectivity index (χ4n) is 5.02. The first-order chi connectivity index (χ1) is 21.7. The highest BCUT2D eigenvalue weighted by Crippen LogP contribution is 2.43. The molecule has 0 radical (unpaired) electrons. The fraction of sp³-hybridized carbons (Fsp3) is 0.242. The van der Waals surface area contributed by atoms with Crippen molar-refractivity contribution in [2.75, 3.05) is 18.5 Å². The normalized spacial score (nSPS) is 15.1. The van der Waals surface area contributed by atoms with Crippen molar-refractivity contribution < 1.29 is 33.9 Å². The van der Waals surface area contributed by atoms with Crippen molar-refractivity contribution in [3.63, 3.8) is 0 Å². The van der Waals surface area contributed by atoms with Crippen LogP contribution in [0, 0.1) is 10.1 Å². The fourth-order valence-corrected chi connectivity index (χ4v) is 6.13. The first kappa shape index (κ1) is 32.8. The predicted octanol–water partition coefficient (Wildman–Crippen LogP) is 6.01. The molecule has 3 aromatic rings. The molecule has 4 rings (SSSR count). The van der Waals surface area contributed by atoms with Gasteiger partial charge in [0.15, 0.2) is 0 Å². The number of hydrogen-bond acceptors (Lipinski definition) is 10. The number of rotatable bonds is 13. The number of carboxylic acid groups (broad SMARTS) is 1. The number of nitrogens with zero attached hydrogens (tertiary/aromatic N) is 1. The lowest BCUT2D eigenvalue weighted by Crippen LogP contribution is -2.39. The zero-order valence-corrected chi connectivity index (χ0v) is 25.8. The molecular weight excluding hydrogens is 598 g/mol. The number of carbonyl (C=O) groups excluding carboxylic acids is 2. The van der Waals surface area contributed by atoms with Gasteiger partial charge in [0.05, 0.1) is 46.5 Å². The molecule has 2 unspecified atom stereocenters. The van der Waals surface area contributed by atoms with Gasteiger partial charge in [-0.15, -0.1) is 11.8 Å². The second-order valence-electron chi connectivity index (χ2n) is 9.89. The van der Waals surface area contributed by atoms with Crippen molar-refractivity contribution in [2.24, 2.45) is 0 Å². The summed E-state index contributed by atoms with van der Waals surface area (Å²) in [5.41, 5.74) is 2.21. The number of benzene rings is 3. The van der Waals surface area contributed by atoms with E-state index in [2.05, 4.69) is 10.6 Å².